The number of benzene rings is 2. The Morgan fingerprint density at radius 3 is 2.20 bits per heavy atom. The first-order valence-electron chi connectivity index (χ1n) is 9.86. The summed E-state index contributed by atoms with van der Waals surface area (Å²) in [5.41, 5.74) is 1.31. The van der Waals surface area contributed by atoms with Gasteiger partial charge in [0.1, 0.15) is 11.9 Å². The lowest BCUT2D eigenvalue weighted by Gasteiger charge is -2.23. The topological polar surface area (TPSA) is 84.5 Å². The second kappa shape index (κ2) is 11.1. The van der Waals surface area contributed by atoms with Crippen LogP contribution in [0.2, 0.25) is 0 Å². The maximum absolute atomic E-state index is 12.9. The largest absolute Gasteiger partial charge is 0.451 e. The highest BCUT2D eigenvalue weighted by atomic mass is 19.1. The number of esters is 1. The molecule has 6 nitrogen and oxygen atoms in total. The molecule has 2 N–H and O–H groups in total. The van der Waals surface area contributed by atoms with Gasteiger partial charge in [-0.1, -0.05) is 44.2 Å². The molecule has 1 unspecified atom stereocenters. The third kappa shape index (κ3) is 6.99. The summed E-state index contributed by atoms with van der Waals surface area (Å²) >= 11 is 0. The molecule has 160 valence electrons. The zero-order valence-electron chi connectivity index (χ0n) is 17.4. The van der Waals surface area contributed by atoms with Gasteiger partial charge >= 0.3 is 5.97 Å². The van der Waals surface area contributed by atoms with E-state index < -0.39 is 24.0 Å². The highest BCUT2D eigenvalue weighted by Gasteiger charge is 2.29. The van der Waals surface area contributed by atoms with E-state index in [-0.39, 0.29) is 17.6 Å². The Labute approximate surface area is 175 Å². The first-order chi connectivity index (χ1) is 14.3. The van der Waals surface area contributed by atoms with Crippen LogP contribution in [-0.4, -0.2) is 36.5 Å². The fourth-order valence-electron chi connectivity index (χ4n) is 2.74. The normalized spacial score (nSPS) is 12.7. The number of rotatable bonds is 9. The molecule has 0 saturated carbocycles. The van der Waals surface area contributed by atoms with Crippen LogP contribution in [0.25, 0.3) is 0 Å². The van der Waals surface area contributed by atoms with Crippen molar-refractivity contribution in [2.45, 2.75) is 39.3 Å². The van der Waals surface area contributed by atoms with Crippen molar-refractivity contribution in [2.75, 3.05) is 6.54 Å². The Morgan fingerprint density at radius 1 is 0.967 bits per heavy atom. The van der Waals surface area contributed by atoms with Crippen molar-refractivity contribution in [3.63, 3.8) is 0 Å². The molecule has 0 saturated heterocycles. The van der Waals surface area contributed by atoms with Crippen LogP contribution >= 0.6 is 0 Å². The van der Waals surface area contributed by atoms with E-state index in [9.17, 15) is 18.8 Å². The van der Waals surface area contributed by atoms with Crippen molar-refractivity contribution in [1.29, 1.82) is 0 Å². The fraction of sp³-hybridized carbons (Fsp3) is 0.348. The molecule has 0 aliphatic heterocycles. The molecule has 2 aromatic rings. The zero-order valence-corrected chi connectivity index (χ0v) is 17.4. The molecular formula is C23H27FN2O4. The highest BCUT2D eigenvalue weighted by Crippen LogP contribution is 2.09. The van der Waals surface area contributed by atoms with Crippen molar-refractivity contribution in [3.8, 4) is 0 Å². The van der Waals surface area contributed by atoms with Crippen molar-refractivity contribution in [1.82, 2.24) is 10.6 Å². The van der Waals surface area contributed by atoms with E-state index in [0.29, 0.717) is 18.5 Å². The number of ether oxygens (including phenoxy) is 1. The van der Waals surface area contributed by atoms with Gasteiger partial charge in [-0.25, -0.2) is 9.18 Å². The van der Waals surface area contributed by atoms with E-state index in [1.807, 2.05) is 0 Å². The summed E-state index contributed by atoms with van der Waals surface area (Å²) in [5, 5.41) is 5.36. The number of nitrogens with one attached hydrogen (secondary N) is 2. The third-order valence-corrected chi connectivity index (χ3v) is 4.53. The lowest BCUT2D eigenvalue weighted by molar-refractivity contribution is -0.157. The first-order valence-corrected chi connectivity index (χ1v) is 9.86. The molecular weight excluding hydrogens is 387 g/mol. The molecule has 2 atom stereocenters. The number of amides is 2. The Balaban J connectivity index is 1.85. The molecule has 2 amide bonds. The molecule has 0 heterocycles. The fourth-order valence-corrected chi connectivity index (χ4v) is 2.74. The number of hydrogen-bond donors (Lipinski definition) is 2. The lowest BCUT2D eigenvalue weighted by atomic mass is 10.0. The molecule has 2 rings (SSSR count). The van der Waals surface area contributed by atoms with Crippen LogP contribution in [0.3, 0.4) is 0 Å². The van der Waals surface area contributed by atoms with E-state index in [1.165, 1.54) is 19.1 Å². The molecule has 0 aliphatic carbocycles. The van der Waals surface area contributed by atoms with Crippen LogP contribution in [0.15, 0.2) is 54.6 Å². The summed E-state index contributed by atoms with van der Waals surface area (Å²) in [6.45, 7) is 5.36. The number of halogens is 1. The Kier molecular flexibility index (Phi) is 8.53. The lowest BCUT2D eigenvalue weighted by Crippen LogP contribution is -2.47. The Morgan fingerprint density at radius 2 is 1.60 bits per heavy atom. The number of carbonyl (C=O) groups is 3. The molecule has 7 heteroatoms. The molecule has 0 fully saturated rings. The van der Waals surface area contributed by atoms with E-state index in [1.54, 1.807) is 56.3 Å². The smallest absolute Gasteiger partial charge is 0.329 e. The average Bonchev–Trinajstić information content (AvgIpc) is 2.73. The predicted octanol–water partition coefficient (Wildman–Crippen LogP) is 2.87. The van der Waals surface area contributed by atoms with Gasteiger partial charge in [0, 0.05) is 12.1 Å². The summed E-state index contributed by atoms with van der Waals surface area (Å²) in [4.78, 5) is 37.1. The second-order valence-corrected chi connectivity index (χ2v) is 7.31. The molecule has 0 bridgehead atoms. The quantitative estimate of drug-likeness (QED) is 0.618. The van der Waals surface area contributed by atoms with Gasteiger partial charge in [0.2, 0.25) is 0 Å². The van der Waals surface area contributed by atoms with Crippen LogP contribution in [0.4, 0.5) is 4.39 Å². The zero-order chi connectivity index (χ0) is 22.1. The molecule has 2 aromatic carbocycles. The minimum atomic E-state index is -1.01. The van der Waals surface area contributed by atoms with Gasteiger partial charge in [-0.3, -0.25) is 9.59 Å². The van der Waals surface area contributed by atoms with Crippen molar-refractivity contribution in [2.24, 2.45) is 5.92 Å². The van der Waals surface area contributed by atoms with Crippen LogP contribution in [0.1, 0.15) is 36.7 Å². The van der Waals surface area contributed by atoms with Crippen molar-refractivity contribution >= 4 is 17.8 Å². The van der Waals surface area contributed by atoms with Crippen LogP contribution in [0.5, 0.6) is 0 Å². The maximum Gasteiger partial charge on any atom is 0.329 e. The van der Waals surface area contributed by atoms with Gasteiger partial charge in [-0.05, 0) is 49.1 Å². The maximum atomic E-state index is 12.9. The van der Waals surface area contributed by atoms with Gasteiger partial charge in [0.15, 0.2) is 6.10 Å². The summed E-state index contributed by atoms with van der Waals surface area (Å²) < 4.78 is 18.2. The van der Waals surface area contributed by atoms with Gasteiger partial charge in [0.25, 0.3) is 11.8 Å². The monoisotopic (exact) mass is 414 g/mol. The standard InChI is InChI=1S/C23H27FN2O4/c1-15(2)20(26-22(28)18-7-5-4-6-8-18)23(29)30-16(3)21(27)25-14-13-17-9-11-19(24)12-10-17/h4-12,15-16,20H,13-14H2,1-3H3,(H,25,27)(H,26,28)/t16?,20-/m0/s1. The molecule has 0 aliphatic rings. The first kappa shape index (κ1) is 23.1. The Bertz CT molecular complexity index is 853. The van der Waals surface area contributed by atoms with Gasteiger partial charge in [-0.15, -0.1) is 0 Å². The van der Waals surface area contributed by atoms with Gasteiger partial charge < -0.3 is 15.4 Å². The van der Waals surface area contributed by atoms with Crippen molar-refractivity contribution in [3.05, 3.63) is 71.5 Å². The summed E-state index contributed by atoms with van der Waals surface area (Å²) in [6, 6.07) is 13.7. The molecule has 0 radical (unpaired) electrons. The van der Waals surface area contributed by atoms with Gasteiger partial charge in [-0.2, -0.15) is 0 Å². The number of hydrogen-bond acceptors (Lipinski definition) is 4. The predicted molar refractivity (Wildman–Crippen MR) is 111 cm³/mol. The minimum Gasteiger partial charge on any atom is -0.451 e. The summed E-state index contributed by atoms with van der Waals surface area (Å²) in [5.74, 6) is -2.04. The highest BCUT2D eigenvalue weighted by molar-refractivity contribution is 5.97. The van der Waals surface area contributed by atoms with Crippen molar-refractivity contribution < 1.29 is 23.5 Å². The van der Waals surface area contributed by atoms with Crippen LogP contribution in [0, 0.1) is 11.7 Å². The van der Waals surface area contributed by atoms with Gasteiger partial charge in [0.05, 0.1) is 0 Å². The number of carbonyl (C=O) groups excluding carboxylic acids is 3. The van der Waals surface area contributed by atoms with E-state index in [2.05, 4.69) is 10.6 Å². The molecule has 0 aromatic heterocycles. The average molecular weight is 414 g/mol. The van der Waals surface area contributed by atoms with E-state index in [0.717, 1.165) is 5.56 Å². The third-order valence-electron chi connectivity index (χ3n) is 4.53. The van der Waals surface area contributed by atoms with E-state index >= 15 is 0 Å². The minimum absolute atomic E-state index is 0.223. The van der Waals surface area contributed by atoms with E-state index in [4.69, 9.17) is 4.74 Å². The molecule has 30 heavy (non-hydrogen) atoms. The Hall–Kier alpha value is -3.22. The summed E-state index contributed by atoms with van der Waals surface area (Å²) in [7, 11) is 0. The van der Waals surface area contributed by atoms with Crippen LogP contribution < -0.4 is 10.6 Å². The summed E-state index contributed by atoms with van der Waals surface area (Å²) in [6.07, 6.45) is -0.491. The molecule has 0 spiro atoms. The second-order valence-electron chi connectivity index (χ2n) is 7.31. The van der Waals surface area contributed by atoms with Crippen LogP contribution in [-0.2, 0) is 20.7 Å². The SMILES string of the molecule is CC(OC(=O)[C@@H](NC(=O)c1ccccc1)C(C)C)C(=O)NCCc1ccc(F)cc1.